The fourth-order valence-corrected chi connectivity index (χ4v) is 3.47. The SMILES string of the molecule is COc1cc(Br)cc(/C=N/NC(=O)[C@@H]2C(=O)NC[C@@H]2c2ccccc2)c1O. The first-order valence-electron chi connectivity index (χ1n) is 8.23. The van der Waals surface area contributed by atoms with Gasteiger partial charge in [-0.25, -0.2) is 5.43 Å². The molecule has 0 saturated carbocycles. The molecule has 0 aromatic heterocycles. The number of phenols is 1. The molecule has 7 nitrogen and oxygen atoms in total. The lowest BCUT2D eigenvalue weighted by Crippen LogP contribution is -2.34. The number of hydrogen-bond acceptors (Lipinski definition) is 5. The van der Waals surface area contributed by atoms with Gasteiger partial charge in [0.1, 0.15) is 5.92 Å². The summed E-state index contributed by atoms with van der Waals surface area (Å²) < 4.78 is 5.75. The zero-order valence-electron chi connectivity index (χ0n) is 14.5. The normalized spacial score (nSPS) is 19.1. The second-order valence-corrected chi connectivity index (χ2v) is 6.94. The molecule has 1 aliphatic heterocycles. The topological polar surface area (TPSA) is 100 Å². The molecule has 0 unspecified atom stereocenters. The molecule has 27 heavy (non-hydrogen) atoms. The maximum atomic E-state index is 12.5. The van der Waals surface area contributed by atoms with Crippen LogP contribution in [0.5, 0.6) is 11.5 Å². The van der Waals surface area contributed by atoms with E-state index in [2.05, 4.69) is 31.8 Å². The van der Waals surface area contributed by atoms with Crippen LogP contribution in [0, 0.1) is 5.92 Å². The molecule has 2 atom stereocenters. The van der Waals surface area contributed by atoms with Crippen LogP contribution in [0.3, 0.4) is 0 Å². The molecule has 140 valence electrons. The van der Waals surface area contributed by atoms with Crippen molar-refractivity contribution < 1.29 is 19.4 Å². The van der Waals surface area contributed by atoms with E-state index in [1.54, 1.807) is 12.1 Å². The van der Waals surface area contributed by atoms with E-state index in [-0.39, 0.29) is 23.3 Å². The summed E-state index contributed by atoms with van der Waals surface area (Å²) >= 11 is 3.31. The van der Waals surface area contributed by atoms with E-state index in [0.717, 1.165) is 5.56 Å². The average Bonchev–Trinajstić information content (AvgIpc) is 3.06. The molecule has 1 saturated heterocycles. The van der Waals surface area contributed by atoms with Crippen molar-refractivity contribution >= 4 is 34.0 Å². The lowest BCUT2D eigenvalue weighted by Gasteiger charge is -2.15. The van der Waals surface area contributed by atoms with Crippen LogP contribution >= 0.6 is 15.9 Å². The minimum absolute atomic E-state index is 0.0977. The predicted octanol–water partition coefficient (Wildman–Crippen LogP) is 2.14. The molecule has 1 heterocycles. The van der Waals surface area contributed by atoms with Crippen molar-refractivity contribution in [3.05, 3.63) is 58.1 Å². The number of phenolic OH excluding ortho intramolecular Hbond substituents is 1. The van der Waals surface area contributed by atoms with Crippen LogP contribution < -0.4 is 15.5 Å². The first kappa shape index (κ1) is 18.9. The van der Waals surface area contributed by atoms with Crippen molar-refractivity contribution in [3.8, 4) is 11.5 Å². The monoisotopic (exact) mass is 431 g/mol. The summed E-state index contributed by atoms with van der Waals surface area (Å²) in [5.41, 5.74) is 3.66. The van der Waals surface area contributed by atoms with Crippen molar-refractivity contribution in [2.24, 2.45) is 11.0 Å². The summed E-state index contributed by atoms with van der Waals surface area (Å²) in [7, 11) is 1.44. The van der Waals surface area contributed by atoms with Crippen LogP contribution in [0.2, 0.25) is 0 Å². The maximum absolute atomic E-state index is 12.5. The number of methoxy groups -OCH3 is 1. The number of benzene rings is 2. The summed E-state index contributed by atoms with van der Waals surface area (Å²) in [6.45, 7) is 0.397. The van der Waals surface area contributed by atoms with Crippen LogP contribution in [0.4, 0.5) is 0 Å². The van der Waals surface area contributed by atoms with Crippen LogP contribution in [-0.4, -0.2) is 36.8 Å². The zero-order valence-corrected chi connectivity index (χ0v) is 16.1. The smallest absolute Gasteiger partial charge is 0.253 e. The fraction of sp³-hybridized carbons (Fsp3) is 0.211. The van der Waals surface area contributed by atoms with Gasteiger partial charge in [-0.15, -0.1) is 0 Å². The Morgan fingerprint density at radius 2 is 2.11 bits per heavy atom. The Labute approximate surface area is 164 Å². The van der Waals surface area contributed by atoms with Gasteiger partial charge in [0.25, 0.3) is 5.91 Å². The van der Waals surface area contributed by atoms with Crippen LogP contribution in [0.15, 0.2) is 52.0 Å². The molecule has 8 heteroatoms. The molecule has 0 radical (unpaired) electrons. The van der Waals surface area contributed by atoms with Gasteiger partial charge in [-0.1, -0.05) is 46.3 Å². The van der Waals surface area contributed by atoms with E-state index >= 15 is 0 Å². The van der Waals surface area contributed by atoms with Crippen molar-refractivity contribution in [3.63, 3.8) is 0 Å². The van der Waals surface area contributed by atoms with Gasteiger partial charge in [-0.3, -0.25) is 9.59 Å². The Morgan fingerprint density at radius 3 is 2.81 bits per heavy atom. The number of nitrogens with one attached hydrogen (secondary N) is 2. The molecule has 0 spiro atoms. The molecule has 1 aliphatic rings. The van der Waals surface area contributed by atoms with Gasteiger partial charge in [-0.2, -0.15) is 5.10 Å². The average molecular weight is 432 g/mol. The van der Waals surface area contributed by atoms with Crippen molar-refractivity contribution in [2.75, 3.05) is 13.7 Å². The Kier molecular flexibility index (Phi) is 5.75. The van der Waals surface area contributed by atoms with E-state index in [9.17, 15) is 14.7 Å². The van der Waals surface area contributed by atoms with Gasteiger partial charge in [0.05, 0.1) is 13.3 Å². The van der Waals surface area contributed by atoms with Gasteiger partial charge in [0.15, 0.2) is 11.5 Å². The largest absolute Gasteiger partial charge is 0.504 e. The van der Waals surface area contributed by atoms with Gasteiger partial charge in [0, 0.05) is 22.5 Å². The van der Waals surface area contributed by atoms with E-state index in [1.165, 1.54) is 13.3 Å². The first-order valence-corrected chi connectivity index (χ1v) is 9.02. The number of rotatable bonds is 5. The Bertz CT molecular complexity index is 886. The molecule has 0 aliphatic carbocycles. The standard InChI is InChI=1S/C19H18BrN3O4/c1-27-15-8-13(20)7-12(17(15)24)9-22-23-19(26)16-14(10-21-18(16)25)11-5-3-2-4-6-11/h2-9,14,16,24H,10H2,1H3,(H,21,25)(H,23,26)/b22-9+/t14-,16+/m1/s1. The third kappa shape index (κ3) is 4.11. The summed E-state index contributed by atoms with van der Waals surface area (Å²) in [4.78, 5) is 24.7. The first-order chi connectivity index (χ1) is 13.0. The lowest BCUT2D eigenvalue weighted by atomic mass is 9.88. The lowest BCUT2D eigenvalue weighted by molar-refractivity contribution is -0.133. The number of carbonyl (C=O) groups excluding carboxylic acids is 2. The molecular weight excluding hydrogens is 414 g/mol. The summed E-state index contributed by atoms with van der Waals surface area (Å²) in [5.74, 6) is -1.78. The quantitative estimate of drug-likeness (QED) is 0.383. The number of aromatic hydroxyl groups is 1. The molecule has 1 fully saturated rings. The van der Waals surface area contributed by atoms with E-state index in [4.69, 9.17) is 4.74 Å². The third-order valence-corrected chi connectivity index (χ3v) is 4.82. The van der Waals surface area contributed by atoms with E-state index in [1.807, 2.05) is 30.3 Å². The molecule has 2 aromatic rings. The molecule has 0 bridgehead atoms. The second-order valence-electron chi connectivity index (χ2n) is 6.02. The zero-order chi connectivity index (χ0) is 19.4. The van der Waals surface area contributed by atoms with Gasteiger partial charge >= 0.3 is 0 Å². The molecule has 2 amide bonds. The van der Waals surface area contributed by atoms with Gasteiger partial charge in [-0.05, 0) is 17.7 Å². The highest BCUT2D eigenvalue weighted by Gasteiger charge is 2.40. The van der Waals surface area contributed by atoms with Gasteiger partial charge < -0.3 is 15.2 Å². The number of hydrazone groups is 1. The summed E-state index contributed by atoms with van der Waals surface area (Å²) in [6.07, 6.45) is 1.30. The number of nitrogens with zero attached hydrogens (tertiary/aromatic N) is 1. The fourth-order valence-electron chi connectivity index (χ4n) is 3.02. The minimum atomic E-state index is -0.866. The number of hydrogen-bond donors (Lipinski definition) is 3. The van der Waals surface area contributed by atoms with E-state index in [0.29, 0.717) is 16.6 Å². The molecular formula is C19H18BrN3O4. The van der Waals surface area contributed by atoms with Crippen molar-refractivity contribution in [1.82, 2.24) is 10.7 Å². The predicted molar refractivity (Wildman–Crippen MR) is 104 cm³/mol. The highest BCUT2D eigenvalue weighted by Crippen LogP contribution is 2.32. The minimum Gasteiger partial charge on any atom is -0.504 e. The van der Waals surface area contributed by atoms with Crippen LogP contribution in [-0.2, 0) is 9.59 Å². The van der Waals surface area contributed by atoms with Crippen LogP contribution in [0.25, 0.3) is 0 Å². The highest BCUT2D eigenvalue weighted by atomic mass is 79.9. The summed E-state index contributed by atoms with van der Waals surface area (Å²) in [5, 5.41) is 16.7. The number of ether oxygens (including phenoxy) is 1. The Balaban J connectivity index is 1.74. The van der Waals surface area contributed by atoms with Gasteiger partial charge in [0.2, 0.25) is 5.91 Å². The number of carbonyl (C=O) groups is 2. The van der Waals surface area contributed by atoms with Crippen LogP contribution in [0.1, 0.15) is 17.0 Å². The maximum Gasteiger partial charge on any atom is 0.253 e. The number of amides is 2. The third-order valence-electron chi connectivity index (χ3n) is 4.36. The summed E-state index contributed by atoms with van der Waals surface area (Å²) in [6, 6.07) is 12.6. The van der Waals surface area contributed by atoms with Crippen molar-refractivity contribution in [1.29, 1.82) is 0 Å². The molecule has 3 N–H and O–H groups in total. The molecule has 3 rings (SSSR count). The van der Waals surface area contributed by atoms with E-state index < -0.39 is 11.8 Å². The highest BCUT2D eigenvalue weighted by molar-refractivity contribution is 9.10. The Morgan fingerprint density at radius 1 is 1.37 bits per heavy atom. The second kappa shape index (κ2) is 8.22. The molecule has 2 aromatic carbocycles. The van der Waals surface area contributed by atoms with Crippen molar-refractivity contribution in [2.45, 2.75) is 5.92 Å². The number of halogens is 1. The Hall–Kier alpha value is -2.87.